The fraction of sp³-hybridized carbons (Fsp3) is 0.636. The molecular weight excluding hydrogens is 250 g/mol. The van der Waals surface area contributed by atoms with E-state index in [-0.39, 0.29) is 17.3 Å². The molecule has 1 aromatic rings. The zero-order valence-electron chi connectivity index (χ0n) is 11.3. The average Bonchev–Trinajstić information content (AvgIpc) is 2.66. The summed E-state index contributed by atoms with van der Waals surface area (Å²) in [5.74, 6) is -0.358. The highest BCUT2D eigenvalue weighted by molar-refractivity contribution is 5.96. The van der Waals surface area contributed by atoms with Crippen LogP contribution in [0.2, 0.25) is 0 Å². The molecule has 8 nitrogen and oxygen atoms in total. The zero-order chi connectivity index (χ0) is 14.2. The molecule has 19 heavy (non-hydrogen) atoms. The summed E-state index contributed by atoms with van der Waals surface area (Å²) in [7, 11) is 3.58. The molecule has 1 fully saturated rings. The van der Waals surface area contributed by atoms with E-state index >= 15 is 0 Å². The van der Waals surface area contributed by atoms with Crippen molar-refractivity contribution in [2.75, 3.05) is 33.2 Å². The third-order valence-corrected chi connectivity index (χ3v) is 3.48. The SMILES string of the molecule is Cc1c([N+](=O)[O-])c(C(=O)N2CCN(C)CC2)nn1C. The highest BCUT2D eigenvalue weighted by Crippen LogP contribution is 2.23. The highest BCUT2D eigenvalue weighted by Gasteiger charge is 2.32. The van der Waals surface area contributed by atoms with Crippen LogP contribution in [-0.2, 0) is 7.05 Å². The molecule has 1 saturated heterocycles. The Morgan fingerprint density at radius 2 is 1.84 bits per heavy atom. The summed E-state index contributed by atoms with van der Waals surface area (Å²) < 4.78 is 1.38. The number of rotatable bonds is 2. The van der Waals surface area contributed by atoms with Crippen LogP contribution in [0.1, 0.15) is 16.2 Å². The molecule has 0 atom stereocenters. The predicted molar refractivity (Wildman–Crippen MR) is 68.0 cm³/mol. The normalized spacial score (nSPS) is 16.7. The van der Waals surface area contributed by atoms with Gasteiger partial charge in [0.05, 0.1) is 4.92 Å². The fourth-order valence-corrected chi connectivity index (χ4v) is 2.12. The van der Waals surface area contributed by atoms with Crippen LogP contribution < -0.4 is 0 Å². The van der Waals surface area contributed by atoms with Gasteiger partial charge in [-0.25, -0.2) is 0 Å². The molecule has 0 radical (unpaired) electrons. The maximum atomic E-state index is 12.3. The second kappa shape index (κ2) is 4.96. The van der Waals surface area contributed by atoms with Gasteiger partial charge in [-0.1, -0.05) is 0 Å². The molecule has 0 N–H and O–H groups in total. The van der Waals surface area contributed by atoms with E-state index < -0.39 is 4.92 Å². The number of nitro groups is 1. The van der Waals surface area contributed by atoms with Crippen LogP contribution in [0.15, 0.2) is 0 Å². The summed E-state index contributed by atoms with van der Waals surface area (Å²) in [6.45, 7) is 4.27. The van der Waals surface area contributed by atoms with Crippen LogP contribution in [0.25, 0.3) is 0 Å². The molecule has 104 valence electrons. The largest absolute Gasteiger partial charge is 0.334 e. The van der Waals surface area contributed by atoms with Crippen LogP contribution in [0.5, 0.6) is 0 Å². The van der Waals surface area contributed by atoms with E-state index in [1.54, 1.807) is 18.9 Å². The van der Waals surface area contributed by atoms with Crippen molar-refractivity contribution in [1.82, 2.24) is 19.6 Å². The van der Waals surface area contributed by atoms with Gasteiger partial charge in [-0.3, -0.25) is 19.6 Å². The van der Waals surface area contributed by atoms with Crippen molar-refractivity contribution in [1.29, 1.82) is 0 Å². The molecule has 1 aromatic heterocycles. The first-order valence-electron chi connectivity index (χ1n) is 6.07. The molecule has 0 aromatic carbocycles. The van der Waals surface area contributed by atoms with Gasteiger partial charge in [0.15, 0.2) is 0 Å². The quantitative estimate of drug-likeness (QED) is 0.557. The van der Waals surface area contributed by atoms with Crippen LogP contribution in [0.3, 0.4) is 0 Å². The van der Waals surface area contributed by atoms with Gasteiger partial charge in [0.25, 0.3) is 5.91 Å². The second-order valence-electron chi connectivity index (χ2n) is 4.76. The Morgan fingerprint density at radius 3 is 2.37 bits per heavy atom. The molecule has 1 aliphatic heterocycles. The minimum atomic E-state index is -0.536. The Hall–Kier alpha value is -1.96. The van der Waals surface area contributed by atoms with Crippen LogP contribution in [-0.4, -0.2) is 63.6 Å². The fourth-order valence-electron chi connectivity index (χ4n) is 2.12. The van der Waals surface area contributed by atoms with Gasteiger partial charge < -0.3 is 9.80 Å². The van der Waals surface area contributed by atoms with E-state index in [1.165, 1.54) is 4.68 Å². The predicted octanol–water partition coefficient (Wildman–Crippen LogP) is 0.0243. The topological polar surface area (TPSA) is 84.5 Å². The molecule has 0 bridgehead atoms. The lowest BCUT2D eigenvalue weighted by Crippen LogP contribution is -2.47. The molecule has 0 spiro atoms. The molecule has 8 heteroatoms. The van der Waals surface area contributed by atoms with Crippen molar-refractivity contribution in [2.24, 2.45) is 7.05 Å². The van der Waals surface area contributed by atoms with Crippen molar-refractivity contribution in [2.45, 2.75) is 6.92 Å². The number of carbonyl (C=O) groups excluding carboxylic acids is 1. The Labute approximate surface area is 110 Å². The van der Waals surface area contributed by atoms with Gasteiger partial charge in [0.1, 0.15) is 5.69 Å². The average molecular weight is 267 g/mol. The van der Waals surface area contributed by atoms with Crippen molar-refractivity contribution in [3.8, 4) is 0 Å². The van der Waals surface area contributed by atoms with Gasteiger partial charge in [0, 0.05) is 33.2 Å². The van der Waals surface area contributed by atoms with Gasteiger partial charge in [0.2, 0.25) is 5.69 Å². The van der Waals surface area contributed by atoms with E-state index in [9.17, 15) is 14.9 Å². The smallest absolute Gasteiger partial charge is 0.322 e. The molecule has 0 unspecified atom stereocenters. The van der Waals surface area contributed by atoms with Crippen molar-refractivity contribution in [3.63, 3.8) is 0 Å². The van der Waals surface area contributed by atoms with Gasteiger partial charge in [-0.15, -0.1) is 0 Å². The molecular formula is C11H17N5O3. The number of piperazine rings is 1. The standard InChI is InChI=1S/C11H17N5O3/c1-8-10(16(18)19)9(12-14(8)3)11(17)15-6-4-13(2)5-7-15/h4-7H2,1-3H3. The molecule has 1 aliphatic rings. The van der Waals surface area contributed by atoms with Gasteiger partial charge in [-0.2, -0.15) is 5.10 Å². The third kappa shape index (κ3) is 2.43. The number of aryl methyl sites for hydroxylation is 1. The number of hydrogen-bond donors (Lipinski definition) is 0. The Kier molecular flexibility index (Phi) is 3.52. The maximum Gasteiger partial charge on any atom is 0.322 e. The van der Waals surface area contributed by atoms with E-state index in [1.807, 2.05) is 7.05 Å². The highest BCUT2D eigenvalue weighted by atomic mass is 16.6. The van der Waals surface area contributed by atoms with Crippen LogP contribution >= 0.6 is 0 Å². The Balaban J connectivity index is 2.29. The first-order valence-corrected chi connectivity index (χ1v) is 6.07. The summed E-state index contributed by atoms with van der Waals surface area (Å²) in [5, 5.41) is 15.1. The van der Waals surface area contributed by atoms with Crippen molar-refractivity contribution in [3.05, 3.63) is 21.5 Å². The first kappa shape index (κ1) is 13.5. The molecule has 1 amide bonds. The third-order valence-electron chi connectivity index (χ3n) is 3.48. The summed E-state index contributed by atoms with van der Waals surface area (Å²) in [5.41, 5.74) is 0.142. The molecule has 2 heterocycles. The summed E-state index contributed by atoms with van der Waals surface area (Å²) in [6.07, 6.45) is 0. The van der Waals surface area contributed by atoms with E-state index in [0.717, 1.165) is 13.1 Å². The number of amides is 1. The van der Waals surface area contributed by atoms with Crippen molar-refractivity contribution >= 4 is 11.6 Å². The maximum absolute atomic E-state index is 12.3. The minimum absolute atomic E-state index is 0.0606. The first-order chi connectivity index (χ1) is 8.91. The monoisotopic (exact) mass is 267 g/mol. The second-order valence-corrected chi connectivity index (χ2v) is 4.76. The number of hydrogen-bond acceptors (Lipinski definition) is 5. The lowest BCUT2D eigenvalue weighted by Gasteiger charge is -2.31. The molecule has 2 rings (SSSR count). The van der Waals surface area contributed by atoms with Crippen LogP contribution in [0, 0.1) is 17.0 Å². The molecule has 0 saturated carbocycles. The number of likely N-dealkylation sites (N-methyl/N-ethyl adjacent to an activating group) is 1. The summed E-state index contributed by atoms with van der Waals surface area (Å²) >= 11 is 0. The van der Waals surface area contributed by atoms with Gasteiger partial charge >= 0.3 is 5.69 Å². The minimum Gasteiger partial charge on any atom is -0.334 e. The number of carbonyl (C=O) groups is 1. The Morgan fingerprint density at radius 1 is 1.26 bits per heavy atom. The van der Waals surface area contributed by atoms with Crippen LogP contribution in [0.4, 0.5) is 5.69 Å². The van der Waals surface area contributed by atoms with E-state index in [2.05, 4.69) is 10.00 Å². The van der Waals surface area contributed by atoms with E-state index in [4.69, 9.17) is 0 Å². The Bertz CT molecular complexity index is 517. The number of nitrogens with zero attached hydrogens (tertiary/aromatic N) is 5. The van der Waals surface area contributed by atoms with Gasteiger partial charge in [-0.05, 0) is 14.0 Å². The summed E-state index contributed by atoms with van der Waals surface area (Å²) in [4.78, 5) is 26.6. The van der Waals surface area contributed by atoms with E-state index in [0.29, 0.717) is 18.8 Å². The lowest BCUT2D eigenvalue weighted by molar-refractivity contribution is -0.385. The zero-order valence-corrected chi connectivity index (χ0v) is 11.3. The van der Waals surface area contributed by atoms with Crippen molar-refractivity contribution < 1.29 is 9.72 Å². The molecule has 0 aliphatic carbocycles. The lowest BCUT2D eigenvalue weighted by atomic mass is 10.2. The summed E-state index contributed by atoms with van der Waals surface area (Å²) in [6, 6.07) is 0. The number of aromatic nitrogens is 2.